The molecule has 3 amide bonds. The quantitative estimate of drug-likeness (QED) is 0.764. The number of hydrogen-bond acceptors (Lipinski definition) is 3. The second-order valence-corrected chi connectivity index (χ2v) is 6.82. The Morgan fingerprint density at radius 3 is 2.57 bits per heavy atom. The van der Waals surface area contributed by atoms with Gasteiger partial charge in [0, 0.05) is 6.04 Å². The minimum atomic E-state index is -0.742. The molecule has 5 nitrogen and oxygen atoms in total. The predicted octanol–water partition coefficient (Wildman–Crippen LogP) is 2.25. The van der Waals surface area contributed by atoms with E-state index in [1.165, 1.54) is 17.7 Å². The van der Waals surface area contributed by atoms with Gasteiger partial charge in [0.25, 0.3) is 5.91 Å². The molecule has 120 valence electrons. The smallest absolute Gasteiger partial charge is 0.325 e. The number of carbonyl (C=O) groups excluding carboxylic acids is 2. The van der Waals surface area contributed by atoms with Gasteiger partial charge in [0.1, 0.15) is 5.54 Å². The third-order valence-corrected chi connectivity index (χ3v) is 5.40. The summed E-state index contributed by atoms with van der Waals surface area (Å²) in [7, 11) is 0. The number of hydrogen-bond donors (Lipinski definition) is 2. The Kier molecular flexibility index (Phi) is 4.91. The Labute approximate surface area is 127 Å². The minimum absolute atomic E-state index is 0.0267. The van der Waals surface area contributed by atoms with E-state index in [2.05, 4.69) is 12.2 Å². The first kappa shape index (κ1) is 16.3. The van der Waals surface area contributed by atoms with Crippen molar-refractivity contribution in [2.24, 2.45) is 17.6 Å². The summed E-state index contributed by atoms with van der Waals surface area (Å²) in [5, 5.41) is 2.87. The first-order valence-corrected chi connectivity index (χ1v) is 8.32. The van der Waals surface area contributed by atoms with Crippen LogP contribution in [0, 0.1) is 11.8 Å². The SMILES string of the molecule is CCCC1CCC(CN)C(N2C(=O)NC(C)(CC)C2=O)C1. The van der Waals surface area contributed by atoms with E-state index < -0.39 is 5.54 Å². The van der Waals surface area contributed by atoms with Gasteiger partial charge in [-0.25, -0.2) is 4.79 Å². The fraction of sp³-hybridized carbons (Fsp3) is 0.875. The molecule has 1 saturated carbocycles. The van der Waals surface area contributed by atoms with E-state index in [1.807, 2.05) is 13.8 Å². The number of amides is 3. The summed E-state index contributed by atoms with van der Waals surface area (Å²) in [5.41, 5.74) is 5.16. The molecule has 21 heavy (non-hydrogen) atoms. The molecule has 2 rings (SSSR count). The highest BCUT2D eigenvalue weighted by Crippen LogP contribution is 2.37. The van der Waals surface area contributed by atoms with E-state index in [-0.39, 0.29) is 23.9 Å². The third kappa shape index (κ3) is 2.93. The standard InChI is InChI=1S/C16H29N3O2/c1-4-6-11-7-8-12(10-17)13(9-11)19-14(20)16(3,5-2)18-15(19)21/h11-13H,4-10,17H2,1-3H3,(H,18,21). The van der Waals surface area contributed by atoms with Crippen molar-refractivity contribution >= 4 is 11.9 Å². The number of nitrogens with one attached hydrogen (secondary N) is 1. The van der Waals surface area contributed by atoms with E-state index in [0.29, 0.717) is 18.9 Å². The van der Waals surface area contributed by atoms with Gasteiger partial charge in [-0.1, -0.05) is 26.7 Å². The van der Waals surface area contributed by atoms with Crippen LogP contribution in [0.5, 0.6) is 0 Å². The summed E-state index contributed by atoms with van der Waals surface area (Å²) in [6.45, 7) is 6.48. The van der Waals surface area contributed by atoms with Gasteiger partial charge >= 0.3 is 6.03 Å². The molecule has 1 saturated heterocycles. The Morgan fingerprint density at radius 2 is 2.05 bits per heavy atom. The number of carbonyl (C=O) groups is 2. The average Bonchev–Trinajstić information content (AvgIpc) is 2.70. The number of imide groups is 1. The molecule has 1 aliphatic heterocycles. The van der Waals surface area contributed by atoms with E-state index in [9.17, 15) is 9.59 Å². The second-order valence-electron chi connectivity index (χ2n) is 6.82. The van der Waals surface area contributed by atoms with Crippen molar-refractivity contribution < 1.29 is 9.59 Å². The number of nitrogens with zero attached hydrogens (tertiary/aromatic N) is 1. The summed E-state index contributed by atoms with van der Waals surface area (Å²) in [5.74, 6) is 0.777. The Bertz CT molecular complexity index is 412. The van der Waals surface area contributed by atoms with Crippen molar-refractivity contribution in [3.05, 3.63) is 0 Å². The van der Waals surface area contributed by atoms with E-state index in [4.69, 9.17) is 5.73 Å². The largest absolute Gasteiger partial charge is 0.330 e. The fourth-order valence-corrected chi connectivity index (χ4v) is 3.80. The lowest BCUT2D eigenvalue weighted by atomic mass is 9.76. The van der Waals surface area contributed by atoms with E-state index in [1.54, 1.807) is 0 Å². The molecule has 2 fully saturated rings. The van der Waals surface area contributed by atoms with Crippen LogP contribution in [-0.2, 0) is 4.79 Å². The number of rotatable bonds is 5. The van der Waals surface area contributed by atoms with Crippen molar-refractivity contribution in [2.45, 2.75) is 70.9 Å². The molecule has 4 atom stereocenters. The van der Waals surface area contributed by atoms with Gasteiger partial charge in [-0.05, 0) is 51.0 Å². The summed E-state index contributed by atoms with van der Waals surface area (Å²) in [6, 6.07) is -0.258. The number of urea groups is 1. The zero-order valence-electron chi connectivity index (χ0n) is 13.5. The first-order valence-electron chi connectivity index (χ1n) is 8.32. The van der Waals surface area contributed by atoms with Crippen LogP contribution >= 0.6 is 0 Å². The summed E-state index contributed by atoms with van der Waals surface area (Å²) in [6.07, 6.45) is 6.04. The fourth-order valence-electron chi connectivity index (χ4n) is 3.80. The molecule has 2 aliphatic rings. The van der Waals surface area contributed by atoms with Gasteiger partial charge < -0.3 is 11.1 Å². The average molecular weight is 295 g/mol. The summed E-state index contributed by atoms with van der Waals surface area (Å²) < 4.78 is 0. The molecule has 3 N–H and O–H groups in total. The van der Waals surface area contributed by atoms with Crippen LogP contribution in [0.4, 0.5) is 4.79 Å². The molecule has 0 bridgehead atoms. The zero-order valence-corrected chi connectivity index (χ0v) is 13.5. The summed E-state index contributed by atoms with van der Waals surface area (Å²) in [4.78, 5) is 26.5. The predicted molar refractivity (Wildman–Crippen MR) is 82.7 cm³/mol. The van der Waals surface area contributed by atoms with Crippen LogP contribution in [-0.4, -0.2) is 35.0 Å². The van der Waals surface area contributed by atoms with Crippen LogP contribution in [0.2, 0.25) is 0 Å². The number of nitrogens with two attached hydrogens (primary N) is 1. The maximum Gasteiger partial charge on any atom is 0.325 e. The highest BCUT2D eigenvalue weighted by molar-refractivity contribution is 6.07. The molecule has 5 heteroatoms. The minimum Gasteiger partial charge on any atom is -0.330 e. The Morgan fingerprint density at radius 1 is 1.33 bits per heavy atom. The van der Waals surface area contributed by atoms with Crippen LogP contribution in [0.3, 0.4) is 0 Å². The van der Waals surface area contributed by atoms with Gasteiger partial charge in [0.2, 0.25) is 0 Å². The lowest BCUT2D eigenvalue weighted by Crippen LogP contribution is -2.51. The first-order chi connectivity index (χ1) is 9.96. The van der Waals surface area contributed by atoms with Crippen LogP contribution in [0.25, 0.3) is 0 Å². The van der Waals surface area contributed by atoms with Gasteiger partial charge in [-0.3, -0.25) is 9.69 Å². The van der Waals surface area contributed by atoms with Gasteiger partial charge in [0.15, 0.2) is 0 Å². The topological polar surface area (TPSA) is 75.4 Å². The lowest BCUT2D eigenvalue weighted by molar-refractivity contribution is -0.134. The second kappa shape index (κ2) is 6.34. The van der Waals surface area contributed by atoms with Crippen molar-refractivity contribution in [3.63, 3.8) is 0 Å². The third-order valence-electron chi connectivity index (χ3n) is 5.40. The summed E-state index contributed by atoms with van der Waals surface area (Å²) >= 11 is 0. The van der Waals surface area contributed by atoms with E-state index >= 15 is 0 Å². The van der Waals surface area contributed by atoms with Crippen molar-refractivity contribution in [2.75, 3.05) is 6.54 Å². The van der Waals surface area contributed by atoms with Crippen LogP contribution in [0.15, 0.2) is 0 Å². The Balaban J connectivity index is 2.20. The molecule has 0 aromatic heterocycles. The van der Waals surface area contributed by atoms with Crippen LogP contribution < -0.4 is 11.1 Å². The van der Waals surface area contributed by atoms with Gasteiger partial charge in [-0.15, -0.1) is 0 Å². The molecule has 4 unspecified atom stereocenters. The normalized spacial score (nSPS) is 37.0. The molecule has 1 heterocycles. The van der Waals surface area contributed by atoms with Crippen molar-refractivity contribution in [1.82, 2.24) is 10.2 Å². The lowest BCUT2D eigenvalue weighted by Gasteiger charge is -2.39. The van der Waals surface area contributed by atoms with Gasteiger partial charge in [0.05, 0.1) is 0 Å². The van der Waals surface area contributed by atoms with E-state index in [0.717, 1.165) is 19.3 Å². The Hall–Kier alpha value is -1.10. The van der Waals surface area contributed by atoms with Crippen LogP contribution in [0.1, 0.15) is 59.3 Å². The van der Waals surface area contributed by atoms with Gasteiger partial charge in [-0.2, -0.15) is 0 Å². The molecule has 0 aromatic carbocycles. The monoisotopic (exact) mass is 295 g/mol. The molecule has 0 aromatic rings. The molecule has 1 aliphatic carbocycles. The van der Waals surface area contributed by atoms with Crippen molar-refractivity contribution in [3.8, 4) is 0 Å². The van der Waals surface area contributed by atoms with Crippen molar-refractivity contribution in [1.29, 1.82) is 0 Å². The molecular weight excluding hydrogens is 266 g/mol. The molecule has 0 radical (unpaired) electrons. The highest BCUT2D eigenvalue weighted by Gasteiger charge is 2.51. The maximum atomic E-state index is 12.7. The maximum absolute atomic E-state index is 12.7. The molecule has 0 spiro atoms. The highest BCUT2D eigenvalue weighted by atomic mass is 16.2. The molecular formula is C16H29N3O2. The zero-order chi connectivity index (χ0) is 15.6.